The average Bonchev–Trinajstić information content (AvgIpc) is 2.34. The van der Waals surface area contributed by atoms with Gasteiger partial charge in [0.25, 0.3) is 0 Å². The summed E-state index contributed by atoms with van der Waals surface area (Å²) in [6, 6.07) is 3.08. The van der Waals surface area contributed by atoms with E-state index in [-0.39, 0.29) is 17.7 Å². The van der Waals surface area contributed by atoms with E-state index in [4.69, 9.17) is 4.74 Å². The molecule has 0 fully saturated rings. The molecular formula is C15H17F3O2Si. The van der Waals surface area contributed by atoms with E-state index in [9.17, 15) is 18.0 Å². The highest BCUT2D eigenvalue weighted by atomic mass is 28.3. The molecule has 0 atom stereocenters. The summed E-state index contributed by atoms with van der Waals surface area (Å²) in [4.78, 5) is 11.6. The van der Waals surface area contributed by atoms with Gasteiger partial charge in [-0.3, -0.25) is 0 Å². The first kappa shape index (κ1) is 17.3. The van der Waals surface area contributed by atoms with Crippen LogP contribution in [-0.2, 0) is 10.9 Å². The lowest BCUT2D eigenvalue weighted by Gasteiger charge is -2.10. The van der Waals surface area contributed by atoms with Crippen LogP contribution < -0.4 is 0 Å². The molecule has 0 amide bonds. The number of hydrogen-bond donors (Lipinski definition) is 0. The van der Waals surface area contributed by atoms with Gasteiger partial charge in [-0.25, -0.2) is 4.79 Å². The molecule has 6 heteroatoms. The van der Waals surface area contributed by atoms with Crippen LogP contribution in [0.4, 0.5) is 13.2 Å². The van der Waals surface area contributed by atoms with Gasteiger partial charge in [0, 0.05) is 5.56 Å². The number of rotatable bonds is 2. The van der Waals surface area contributed by atoms with Crippen LogP contribution in [0.3, 0.4) is 0 Å². The van der Waals surface area contributed by atoms with Gasteiger partial charge in [0.1, 0.15) is 8.07 Å². The highest BCUT2D eigenvalue weighted by Crippen LogP contribution is 2.30. The minimum atomic E-state index is -4.53. The molecule has 1 aromatic carbocycles. The third-order valence-electron chi connectivity index (χ3n) is 2.35. The number of hydrogen-bond acceptors (Lipinski definition) is 2. The van der Waals surface area contributed by atoms with Gasteiger partial charge in [-0.05, 0) is 25.1 Å². The summed E-state index contributed by atoms with van der Waals surface area (Å²) in [5.74, 6) is 1.96. The molecule has 0 radical (unpaired) electrons. The van der Waals surface area contributed by atoms with Gasteiger partial charge < -0.3 is 4.74 Å². The highest BCUT2D eigenvalue weighted by Gasteiger charge is 2.31. The first-order chi connectivity index (χ1) is 9.53. The molecule has 0 N–H and O–H groups in total. The maximum Gasteiger partial charge on any atom is 0.416 e. The Balaban J connectivity index is 3.34. The minimum absolute atomic E-state index is 0.102. The fourth-order valence-corrected chi connectivity index (χ4v) is 1.97. The Morgan fingerprint density at radius 3 is 2.33 bits per heavy atom. The first-order valence-electron chi connectivity index (χ1n) is 6.45. The Bertz CT molecular complexity index is 590. The summed E-state index contributed by atoms with van der Waals surface area (Å²) in [7, 11) is -1.72. The molecule has 0 spiro atoms. The van der Waals surface area contributed by atoms with Gasteiger partial charge in [0.15, 0.2) is 0 Å². The number of benzene rings is 1. The second kappa shape index (κ2) is 6.35. The number of ether oxygens (including phenoxy) is 1. The van der Waals surface area contributed by atoms with Gasteiger partial charge in [0.2, 0.25) is 0 Å². The summed E-state index contributed by atoms with van der Waals surface area (Å²) in [5.41, 5.74) is 2.13. The number of alkyl halides is 3. The van der Waals surface area contributed by atoms with Crippen LogP contribution >= 0.6 is 0 Å². The van der Waals surface area contributed by atoms with Gasteiger partial charge >= 0.3 is 12.1 Å². The third-order valence-corrected chi connectivity index (χ3v) is 3.23. The van der Waals surface area contributed by atoms with Gasteiger partial charge in [0.05, 0.1) is 17.7 Å². The van der Waals surface area contributed by atoms with Crippen molar-refractivity contribution in [3.63, 3.8) is 0 Å². The number of esters is 1. The Kier molecular flexibility index (Phi) is 5.24. The summed E-state index contributed by atoms with van der Waals surface area (Å²) < 4.78 is 43.4. The Morgan fingerprint density at radius 2 is 1.86 bits per heavy atom. The van der Waals surface area contributed by atoms with Crippen molar-refractivity contribution < 1.29 is 22.7 Å². The molecule has 0 aromatic heterocycles. The van der Waals surface area contributed by atoms with E-state index in [0.717, 1.165) is 12.1 Å². The SMILES string of the molecule is CCOC(=O)c1cc(C#C[Si](C)(C)C)cc(C(F)(F)F)c1. The fraction of sp³-hybridized carbons (Fsp3) is 0.400. The number of halogens is 3. The lowest BCUT2D eigenvalue weighted by Crippen LogP contribution is -2.16. The maximum absolute atomic E-state index is 12.9. The molecular weight excluding hydrogens is 297 g/mol. The van der Waals surface area contributed by atoms with E-state index in [1.165, 1.54) is 6.07 Å². The third kappa shape index (κ3) is 5.64. The standard InChI is InChI=1S/C15H17F3O2Si/c1-5-20-14(19)12-8-11(6-7-21(2,3)4)9-13(10-12)15(16,17)18/h8-10H,5H2,1-4H3. The van der Waals surface area contributed by atoms with Crippen molar-refractivity contribution in [2.45, 2.75) is 32.7 Å². The zero-order valence-corrected chi connectivity index (χ0v) is 13.4. The molecule has 21 heavy (non-hydrogen) atoms. The predicted octanol–water partition coefficient (Wildman–Crippen LogP) is 4.11. The van der Waals surface area contributed by atoms with Crippen molar-refractivity contribution in [3.05, 3.63) is 34.9 Å². The summed E-state index contributed by atoms with van der Waals surface area (Å²) in [6.45, 7) is 7.65. The lowest BCUT2D eigenvalue weighted by molar-refractivity contribution is -0.137. The van der Waals surface area contributed by atoms with E-state index in [0.29, 0.717) is 0 Å². The van der Waals surface area contributed by atoms with Crippen LogP contribution in [0.5, 0.6) is 0 Å². The van der Waals surface area contributed by atoms with Gasteiger partial charge in [-0.1, -0.05) is 25.6 Å². The van der Waals surface area contributed by atoms with Crippen LogP contribution in [0.2, 0.25) is 19.6 Å². The van der Waals surface area contributed by atoms with Gasteiger partial charge in [-0.2, -0.15) is 13.2 Å². The molecule has 0 saturated heterocycles. The molecule has 0 aliphatic rings. The average molecular weight is 314 g/mol. The smallest absolute Gasteiger partial charge is 0.416 e. The van der Waals surface area contributed by atoms with E-state index in [1.807, 2.05) is 19.6 Å². The normalized spacial score (nSPS) is 11.6. The number of carbonyl (C=O) groups is 1. The van der Waals surface area contributed by atoms with Gasteiger partial charge in [-0.15, -0.1) is 5.54 Å². The van der Waals surface area contributed by atoms with E-state index in [1.54, 1.807) is 6.92 Å². The van der Waals surface area contributed by atoms with E-state index >= 15 is 0 Å². The monoisotopic (exact) mass is 314 g/mol. The molecule has 0 heterocycles. The second-order valence-corrected chi connectivity index (χ2v) is 10.3. The maximum atomic E-state index is 12.9. The van der Waals surface area contributed by atoms with E-state index < -0.39 is 25.8 Å². The van der Waals surface area contributed by atoms with Crippen LogP contribution in [0.25, 0.3) is 0 Å². The molecule has 0 saturated carbocycles. The van der Waals surface area contributed by atoms with Crippen molar-refractivity contribution >= 4 is 14.0 Å². The quantitative estimate of drug-likeness (QED) is 0.466. The van der Waals surface area contributed by atoms with Crippen LogP contribution in [0.15, 0.2) is 18.2 Å². The Hall–Kier alpha value is -1.74. The van der Waals surface area contributed by atoms with Crippen LogP contribution in [0, 0.1) is 11.5 Å². The Morgan fingerprint density at radius 1 is 1.24 bits per heavy atom. The largest absolute Gasteiger partial charge is 0.462 e. The zero-order valence-electron chi connectivity index (χ0n) is 12.4. The zero-order chi connectivity index (χ0) is 16.3. The van der Waals surface area contributed by atoms with Crippen molar-refractivity contribution in [2.75, 3.05) is 6.61 Å². The first-order valence-corrected chi connectivity index (χ1v) is 9.95. The predicted molar refractivity (Wildman–Crippen MR) is 77.6 cm³/mol. The van der Waals surface area contributed by atoms with E-state index in [2.05, 4.69) is 11.5 Å². The second-order valence-electron chi connectivity index (χ2n) is 5.52. The topological polar surface area (TPSA) is 26.3 Å². The molecule has 0 aliphatic heterocycles. The van der Waals surface area contributed by atoms with Crippen molar-refractivity contribution in [3.8, 4) is 11.5 Å². The molecule has 114 valence electrons. The van der Waals surface area contributed by atoms with Crippen molar-refractivity contribution in [2.24, 2.45) is 0 Å². The molecule has 1 aromatic rings. The minimum Gasteiger partial charge on any atom is -0.462 e. The molecule has 0 unspecified atom stereocenters. The molecule has 2 nitrogen and oxygen atoms in total. The summed E-state index contributed by atoms with van der Waals surface area (Å²) >= 11 is 0. The molecule has 0 bridgehead atoms. The van der Waals surface area contributed by atoms with Crippen molar-refractivity contribution in [1.82, 2.24) is 0 Å². The van der Waals surface area contributed by atoms with Crippen molar-refractivity contribution in [1.29, 1.82) is 0 Å². The van der Waals surface area contributed by atoms with Crippen LogP contribution in [-0.4, -0.2) is 20.7 Å². The molecule has 1 rings (SSSR count). The summed E-state index contributed by atoms with van der Waals surface area (Å²) in [5, 5.41) is 0. The fourth-order valence-electron chi connectivity index (χ4n) is 1.46. The highest BCUT2D eigenvalue weighted by molar-refractivity contribution is 6.83. The summed E-state index contributed by atoms with van der Waals surface area (Å²) in [6.07, 6.45) is -4.53. The Labute approximate surface area is 123 Å². The van der Waals surface area contributed by atoms with Crippen LogP contribution in [0.1, 0.15) is 28.4 Å². The number of carbonyl (C=O) groups excluding carboxylic acids is 1. The lowest BCUT2D eigenvalue weighted by atomic mass is 10.1. The molecule has 0 aliphatic carbocycles.